The molecule has 0 aromatic carbocycles. The van der Waals surface area contributed by atoms with E-state index in [1.165, 1.54) is 6.92 Å². The molecular weight excluding hydrogens is 188 g/mol. The molecule has 1 heterocycles. The molecule has 1 aliphatic heterocycles. The molecule has 80 valence electrons. The van der Waals surface area contributed by atoms with Gasteiger partial charge in [-0.25, -0.2) is 4.79 Å². The smallest absolute Gasteiger partial charge is 0.346 e. The third-order valence-electron chi connectivity index (χ3n) is 1.89. The minimum Gasteiger partial charge on any atom is -0.391 e. The van der Waals surface area contributed by atoms with Crippen LogP contribution in [0.15, 0.2) is 0 Å². The van der Waals surface area contributed by atoms with E-state index in [1.807, 2.05) is 0 Å². The first-order chi connectivity index (χ1) is 6.33. The molecule has 0 bridgehead atoms. The van der Waals surface area contributed by atoms with Crippen LogP contribution in [0.25, 0.3) is 0 Å². The summed E-state index contributed by atoms with van der Waals surface area (Å²) in [5, 5.41) is 0. The fourth-order valence-electron chi connectivity index (χ4n) is 1.41. The van der Waals surface area contributed by atoms with E-state index in [4.69, 9.17) is 9.47 Å². The largest absolute Gasteiger partial charge is 0.391 e. The zero-order chi connectivity index (χ0) is 10.9. The highest BCUT2D eigenvalue weighted by Gasteiger charge is 2.47. The Morgan fingerprint density at radius 3 is 2.29 bits per heavy atom. The van der Waals surface area contributed by atoms with Crippen LogP contribution in [0, 0.1) is 0 Å². The van der Waals surface area contributed by atoms with Crippen LogP contribution in [-0.4, -0.2) is 29.9 Å². The van der Waals surface area contributed by atoms with Crippen molar-refractivity contribution in [3.63, 3.8) is 0 Å². The van der Waals surface area contributed by atoms with Crippen molar-refractivity contribution >= 4 is 11.9 Å². The predicted molar refractivity (Wildman–Crippen MR) is 46.3 cm³/mol. The fraction of sp³-hybridized carbons (Fsp3) is 0.778. The zero-order valence-electron chi connectivity index (χ0n) is 8.70. The molecular formula is C9H14O5. The summed E-state index contributed by atoms with van der Waals surface area (Å²) in [7, 11) is 0. The SMILES string of the molecule is CC(=O)OC(=O)C1OC(C)OC1(C)C. The molecule has 0 N–H and O–H groups in total. The second kappa shape index (κ2) is 3.67. The highest BCUT2D eigenvalue weighted by molar-refractivity contribution is 5.87. The molecule has 2 atom stereocenters. The van der Waals surface area contributed by atoms with Gasteiger partial charge in [-0.2, -0.15) is 0 Å². The van der Waals surface area contributed by atoms with Gasteiger partial charge in [-0.1, -0.05) is 0 Å². The van der Waals surface area contributed by atoms with Crippen molar-refractivity contribution in [3.05, 3.63) is 0 Å². The van der Waals surface area contributed by atoms with Crippen molar-refractivity contribution in [2.45, 2.75) is 45.7 Å². The molecule has 2 unspecified atom stereocenters. The Morgan fingerprint density at radius 2 is 1.93 bits per heavy atom. The number of hydrogen-bond acceptors (Lipinski definition) is 5. The lowest BCUT2D eigenvalue weighted by Crippen LogP contribution is -2.41. The van der Waals surface area contributed by atoms with Crippen molar-refractivity contribution in [1.29, 1.82) is 0 Å². The molecule has 0 spiro atoms. The number of ether oxygens (including phenoxy) is 3. The monoisotopic (exact) mass is 202 g/mol. The van der Waals surface area contributed by atoms with E-state index >= 15 is 0 Å². The number of esters is 2. The quantitative estimate of drug-likeness (QED) is 0.460. The minimum absolute atomic E-state index is 0.463. The second-order valence-electron chi connectivity index (χ2n) is 3.72. The topological polar surface area (TPSA) is 61.8 Å². The maximum atomic E-state index is 11.4. The van der Waals surface area contributed by atoms with Gasteiger partial charge in [0.05, 0.1) is 0 Å². The summed E-state index contributed by atoms with van der Waals surface area (Å²) >= 11 is 0. The number of carbonyl (C=O) groups is 2. The van der Waals surface area contributed by atoms with Gasteiger partial charge in [-0.3, -0.25) is 4.79 Å². The Morgan fingerprint density at radius 1 is 1.36 bits per heavy atom. The maximum absolute atomic E-state index is 11.4. The Kier molecular flexibility index (Phi) is 2.92. The number of hydrogen-bond donors (Lipinski definition) is 0. The summed E-state index contributed by atoms with van der Waals surface area (Å²) in [5.74, 6) is -1.35. The molecule has 5 heteroatoms. The van der Waals surface area contributed by atoms with E-state index in [2.05, 4.69) is 4.74 Å². The average molecular weight is 202 g/mol. The van der Waals surface area contributed by atoms with Crippen LogP contribution in [0.2, 0.25) is 0 Å². The molecule has 1 fully saturated rings. The average Bonchev–Trinajstić information content (AvgIpc) is 2.22. The van der Waals surface area contributed by atoms with E-state index in [0.717, 1.165) is 0 Å². The lowest BCUT2D eigenvalue weighted by Gasteiger charge is -2.20. The van der Waals surface area contributed by atoms with Crippen LogP contribution in [-0.2, 0) is 23.8 Å². The normalized spacial score (nSPS) is 30.0. The first kappa shape index (κ1) is 11.1. The van der Waals surface area contributed by atoms with E-state index in [9.17, 15) is 9.59 Å². The number of carbonyl (C=O) groups excluding carboxylic acids is 2. The van der Waals surface area contributed by atoms with Gasteiger partial charge in [-0.05, 0) is 20.8 Å². The second-order valence-corrected chi connectivity index (χ2v) is 3.72. The summed E-state index contributed by atoms with van der Waals surface area (Å²) in [6.07, 6.45) is -1.31. The molecule has 1 rings (SSSR count). The van der Waals surface area contributed by atoms with E-state index in [0.29, 0.717) is 0 Å². The first-order valence-corrected chi connectivity index (χ1v) is 4.38. The van der Waals surface area contributed by atoms with Gasteiger partial charge in [0.1, 0.15) is 5.60 Å². The van der Waals surface area contributed by atoms with Crippen LogP contribution in [0.1, 0.15) is 27.7 Å². The Bertz CT molecular complexity index is 258. The van der Waals surface area contributed by atoms with Gasteiger partial charge in [-0.15, -0.1) is 0 Å². The lowest BCUT2D eigenvalue weighted by molar-refractivity contribution is -0.167. The Hall–Kier alpha value is -0.940. The molecule has 1 saturated heterocycles. The van der Waals surface area contributed by atoms with Crippen LogP contribution >= 0.6 is 0 Å². The van der Waals surface area contributed by atoms with Crippen molar-refractivity contribution < 1.29 is 23.8 Å². The van der Waals surface area contributed by atoms with Gasteiger partial charge in [0.2, 0.25) is 0 Å². The summed E-state index contributed by atoms with van der Waals surface area (Å²) in [4.78, 5) is 21.9. The van der Waals surface area contributed by atoms with E-state index < -0.39 is 29.9 Å². The summed E-state index contributed by atoms with van der Waals surface area (Å²) < 4.78 is 15.0. The Balaban J connectivity index is 2.68. The van der Waals surface area contributed by atoms with Gasteiger partial charge >= 0.3 is 11.9 Å². The van der Waals surface area contributed by atoms with Gasteiger partial charge < -0.3 is 14.2 Å². The predicted octanol–water partition coefficient (Wildman–Crippen LogP) is 0.616. The highest BCUT2D eigenvalue weighted by Crippen LogP contribution is 2.29. The third-order valence-corrected chi connectivity index (χ3v) is 1.89. The zero-order valence-corrected chi connectivity index (χ0v) is 8.70. The molecule has 0 radical (unpaired) electrons. The van der Waals surface area contributed by atoms with Crippen LogP contribution in [0.5, 0.6) is 0 Å². The van der Waals surface area contributed by atoms with Crippen molar-refractivity contribution in [3.8, 4) is 0 Å². The van der Waals surface area contributed by atoms with Crippen LogP contribution in [0.3, 0.4) is 0 Å². The molecule has 1 aliphatic rings. The summed E-state index contributed by atoms with van der Waals surface area (Å²) in [5.41, 5.74) is -0.758. The lowest BCUT2D eigenvalue weighted by atomic mass is 10.0. The molecule has 0 aliphatic carbocycles. The first-order valence-electron chi connectivity index (χ1n) is 4.38. The third kappa shape index (κ3) is 2.30. The van der Waals surface area contributed by atoms with Crippen LogP contribution in [0.4, 0.5) is 0 Å². The summed E-state index contributed by atoms with van der Waals surface area (Å²) in [6.45, 7) is 6.28. The fourth-order valence-corrected chi connectivity index (χ4v) is 1.41. The molecule has 0 saturated carbocycles. The summed E-state index contributed by atoms with van der Waals surface area (Å²) in [6, 6.07) is 0. The van der Waals surface area contributed by atoms with Crippen molar-refractivity contribution in [2.75, 3.05) is 0 Å². The molecule has 0 aromatic rings. The van der Waals surface area contributed by atoms with Gasteiger partial charge in [0.25, 0.3) is 0 Å². The maximum Gasteiger partial charge on any atom is 0.346 e. The van der Waals surface area contributed by atoms with Crippen LogP contribution < -0.4 is 0 Å². The molecule has 0 aromatic heterocycles. The molecule has 0 amide bonds. The standard InChI is InChI=1S/C9H14O5/c1-5(10)12-8(11)7-9(3,4)14-6(2)13-7/h6-7H,1-4H3. The van der Waals surface area contributed by atoms with Gasteiger partial charge in [0.15, 0.2) is 12.4 Å². The van der Waals surface area contributed by atoms with Crippen molar-refractivity contribution in [2.24, 2.45) is 0 Å². The van der Waals surface area contributed by atoms with E-state index in [-0.39, 0.29) is 0 Å². The number of rotatable bonds is 1. The minimum atomic E-state index is -0.846. The van der Waals surface area contributed by atoms with Gasteiger partial charge in [0, 0.05) is 6.92 Å². The Labute approximate surface area is 82.3 Å². The highest BCUT2D eigenvalue weighted by atomic mass is 16.8. The van der Waals surface area contributed by atoms with Crippen molar-refractivity contribution in [1.82, 2.24) is 0 Å². The van der Waals surface area contributed by atoms with E-state index in [1.54, 1.807) is 20.8 Å². The molecule has 14 heavy (non-hydrogen) atoms. The molecule has 5 nitrogen and oxygen atoms in total.